The van der Waals surface area contributed by atoms with E-state index in [2.05, 4.69) is 4.90 Å². The Labute approximate surface area is 79.6 Å². The lowest BCUT2D eigenvalue weighted by atomic mass is 10.0. The van der Waals surface area contributed by atoms with Crippen molar-refractivity contribution in [3.8, 4) is 0 Å². The van der Waals surface area contributed by atoms with Gasteiger partial charge in [-0.25, -0.2) is 0 Å². The van der Waals surface area contributed by atoms with Gasteiger partial charge < -0.3 is 4.90 Å². The van der Waals surface area contributed by atoms with Crippen LogP contribution in [0.2, 0.25) is 0 Å². The number of rotatable bonds is 1. The quantitative estimate of drug-likeness (QED) is 0.564. The zero-order valence-electron chi connectivity index (χ0n) is 8.42. The molecule has 2 heteroatoms. The first-order chi connectivity index (χ1) is 6.24. The summed E-state index contributed by atoms with van der Waals surface area (Å²) < 4.78 is 0. The van der Waals surface area contributed by atoms with Crippen molar-refractivity contribution in [1.82, 2.24) is 4.90 Å². The fourth-order valence-electron chi connectivity index (χ4n) is 2.57. The molecule has 72 valence electrons. The predicted molar refractivity (Wildman–Crippen MR) is 52.3 cm³/mol. The molecule has 0 radical (unpaired) electrons. The zero-order chi connectivity index (χ0) is 9.42. The Morgan fingerprint density at radius 1 is 1.23 bits per heavy atom. The second-order valence-corrected chi connectivity index (χ2v) is 4.15. The SMILES string of the molecule is C/C=C(/C)C(=O)N1C2CCC1CC2. The van der Waals surface area contributed by atoms with Crippen LogP contribution in [0.3, 0.4) is 0 Å². The predicted octanol–water partition coefficient (Wildman–Crippen LogP) is 2.11. The van der Waals surface area contributed by atoms with Gasteiger partial charge in [-0.15, -0.1) is 0 Å². The van der Waals surface area contributed by atoms with Gasteiger partial charge in [0.15, 0.2) is 0 Å². The number of hydrogen-bond donors (Lipinski definition) is 0. The topological polar surface area (TPSA) is 20.3 Å². The fourth-order valence-corrected chi connectivity index (χ4v) is 2.57. The fraction of sp³-hybridized carbons (Fsp3) is 0.727. The summed E-state index contributed by atoms with van der Waals surface area (Å²) in [5.74, 6) is 0.271. The number of allylic oxidation sites excluding steroid dienone is 1. The molecular formula is C11H17NO. The van der Waals surface area contributed by atoms with Crippen molar-refractivity contribution in [2.45, 2.75) is 51.6 Å². The Kier molecular flexibility index (Phi) is 2.14. The lowest BCUT2D eigenvalue weighted by molar-refractivity contribution is -0.128. The maximum absolute atomic E-state index is 11.9. The molecule has 2 heterocycles. The minimum Gasteiger partial charge on any atom is -0.333 e. The van der Waals surface area contributed by atoms with Crippen molar-refractivity contribution in [3.63, 3.8) is 0 Å². The lowest BCUT2D eigenvalue weighted by Gasteiger charge is -2.22. The standard InChI is InChI=1S/C11H17NO/c1-3-8(2)11(13)12-9-4-5-10(12)7-6-9/h3,9-10H,4-7H2,1-2H3/b8-3-. The first kappa shape index (κ1) is 8.79. The van der Waals surface area contributed by atoms with Crippen molar-refractivity contribution in [3.05, 3.63) is 11.6 Å². The van der Waals surface area contributed by atoms with E-state index < -0.39 is 0 Å². The van der Waals surface area contributed by atoms with Crippen LogP contribution in [0.15, 0.2) is 11.6 Å². The molecule has 0 aliphatic carbocycles. The molecule has 0 unspecified atom stereocenters. The van der Waals surface area contributed by atoms with Crippen LogP contribution in [-0.4, -0.2) is 22.9 Å². The number of fused-ring (bicyclic) bond motifs is 2. The van der Waals surface area contributed by atoms with E-state index in [9.17, 15) is 4.79 Å². The van der Waals surface area contributed by atoms with Gasteiger partial charge in [-0.3, -0.25) is 4.79 Å². The molecule has 0 aromatic carbocycles. The summed E-state index contributed by atoms with van der Waals surface area (Å²) in [5.41, 5.74) is 0.902. The monoisotopic (exact) mass is 179 g/mol. The number of hydrogen-bond acceptors (Lipinski definition) is 1. The smallest absolute Gasteiger partial charge is 0.249 e. The molecule has 0 saturated carbocycles. The minimum absolute atomic E-state index is 0.271. The van der Waals surface area contributed by atoms with Gasteiger partial charge in [-0.1, -0.05) is 6.08 Å². The number of carbonyl (C=O) groups is 1. The van der Waals surface area contributed by atoms with Crippen LogP contribution in [0.4, 0.5) is 0 Å². The Bertz CT molecular complexity index is 237. The highest BCUT2D eigenvalue weighted by Gasteiger charge is 2.41. The molecular weight excluding hydrogens is 162 g/mol. The Balaban J connectivity index is 2.14. The number of nitrogens with zero attached hydrogens (tertiary/aromatic N) is 1. The third-order valence-electron chi connectivity index (χ3n) is 3.46. The zero-order valence-corrected chi connectivity index (χ0v) is 8.42. The first-order valence-electron chi connectivity index (χ1n) is 5.19. The summed E-state index contributed by atoms with van der Waals surface area (Å²) in [5, 5.41) is 0. The van der Waals surface area contributed by atoms with Crippen molar-refractivity contribution >= 4 is 5.91 Å². The molecule has 2 fully saturated rings. The third kappa shape index (κ3) is 1.28. The average Bonchev–Trinajstić information content (AvgIpc) is 2.74. The normalized spacial score (nSPS) is 32.8. The number of amides is 1. The van der Waals surface area contributed by atoms with Gasteiger partial charge in [-0.2, -0.15) is 0 Å². The molecule has 2 rings (SSSR count). The summed E-state index contributed by atoms with van der Waals surface area (Å²) in [4.78, 5) is 14.0. The van der Waals surface area contributed by atoms with Crippen LogP contribution in [0.25, 0.3) is 0 Å². The highest BCUT2D eigenvalue weighted by Crippen LogP contribution is 2.38. The van der Waals surface area contributed by atoms with E-state index in [0.717, 1.165) is 5.57 Å². The summed E-state index contributed by atoms with van der Waals surface area (Å²) in [6.45, 7) is 3.85. The summed E-state index contributed by atoms with van der Waals surface area (Å²) in [6, 6.07) is 1.12. The Morgan fingerprint density at radius 3 is 2.08 bits per heavy atom. The molecule has 0 atom stereocenters. The Morgan fingerprint density at radius 2 is 1.69 bits per heavy atom. The summed E-state index contributed by atoms with van der Waals surface area (Å²) in [7, 11) is 0. The lowest BCUT2D eigenvalue weighted by Crippen LogP contribution is -2.35. The minimum atomic E-state index is 0.271. The second kappa shape index (κ2) is 3.17. The van der Waals surface area contributed by atoms with Crippen LogP contribution in [0.1, 0.15) is 39.5 Å². The van der Waals surface area contributed by atoms with Crippen LogP contribution in [0, 0.1) is 0 Å². The highest BCUT2D eigenvalue weighted by molar-refractivity contribution is 5.93. The van der Waals surface area contributed by atoms with Gasteiger partial charge in [0.25, 0.3) is 0 Å². The van der Waals surface area contributed by atoms with E-state index >= 15 is 0 Å². The van der Waals surface area contributed by atoms with Crippen molar-refractivity contribution in [2.75, 3.05) is 0 Å². The first-order valence-corrected chi connectivity index (χ1v) is 5.19. The van der Waals surface area contributed by atoms with E-state index in [1.807, 2.05) is 19.9 Å². The van der Waals surface area contributed by atoms with Gasteiger partial charge in [0.1, 0.15) is 0 Å². The van der Waals surface area contributed by atoms with Gasteiger partial charge >= 0.3 is 0 Å². The second-order valence-electron chi connectivity index (χ2n) is 4.15. The van der Waals surface area contributed by atoms with Crippen molar-refractivity contribution in [1.29, 1.82) is 0 Å². The van der Waals surface area contributed by atoms with E-state index in [1.165, 1.54) is 25.7 Å². The molecule has 0 aromatic heterocycles. The molecule has 0 aromatic rings. The van der Waals surface area contributed by atoms with Crippen molar-refractivity contribution < 1.29 is 4.79 Å². The molecule has 2 saturated heterocycles. The molecule has 2 aliphatic heterocycles. The maximum atomic E-state index is 11.9. The van der Waals surface area contributed by atoms with E-state index in [-0.39, 0.29) is 5.91 Å². The van der Waals surface area contributed by atoms with Gasteiger partial charge in [0.05, 0.1) is 0 Å². The van der Waals surface area contributed by atoms with Crippen LogP contribution in [-0.2, 0) is 4.79 Å². The average molecular weight is 179 g/mol. The summed E-state index contributed by atoms with van der Waals surface area (Å²) >= 11 is 0. The summed E-state index contributed by atoms with van der Waals surface area (Å²) in [6.07, 6.45) is 6.84. The van der Waals surface area contributed by atoms with Gasteiger partial charge in [-0.05, 0) is 39.5 Å². The molecule has 2 nitrogen and oxygen atoms in total. The maximum Gasteiger partial charge on any atom is 0.249 e. The van der Waals surface area contributed by atoms with E-state index in [0.29, 0.717) is 12.1 Å². The largest absolute Gasteiger partial charge is 0.333 e. The van der Waals surface area contributed by atoms with Gasteiger partial charge in [0, 0.05) is 17.7 Å². The van der Waals surface area contributed by atoms with Crippen LogP contribution < -0.4 is 0 Å². The molecule has 2 bridgehead atoms. The Hall–Kier alpha value is -0.790. The number of carbonyl (C=O) groups excluding carboxylic acids is 1. The highest BCUT2D eigenvalue weighted by atomic mass is 16.2. The van der Waals surface area contributed by atoms with Crippen LogP contribution in [0.5, 0.6) is 0 Å². The molecule has 2 aliphatic rings. The van der Waals surface area contributed by atoms with E-state index in [4.69, 9.17) is 0 Å². The molecule has 1 amide bonds. The van der Waals surface area contributed by atoms with Crippen LogP contribution >= 0.6 is 0 Å². The molecule has 13 heavy (non-hydrogen) atoms. The van der Waals surface area contributed by atoms with E-state index in [1.54, 1.807) is 0 Å². The third-order valence-corrected chi connectivity index (χ3v) is 3.46. The van der Waals surface area contributed by atoms with Crippen molar-refractivity contribution in [2.24, 2.45) is 0 Å². The molecule has 0 N–H and O–H groups in total. The van der Waals surface area contributed by atoms with Gasteiger partial charge in [0.2, 0.25) is 5.91 Å². The molecule has 0 spiro atoms.